The first-order valence-corrected chi connectivity index (χ1v) is 7.25. The third-order valence-electron chi connectivity index (χ3n) is 2.33. The van der Waals surface area contributed by atoms with Crippen molar-refractivity contribution < 1.29 is 9.00 Å². The minimum atomic E-state index is -1.02. The minimum Gasteiger partial charge on any atom is -0.345 e. The second-order valence-electron chi connectivity index (χ2n) is 4.43. The van der Waals surface area contributed by atoms with Gasteiger partial charge in [-0.1, -0.05) is 13.8 Å². The third-order valence-corrected chi connectivity index (χ3v) is 3.59. The number of nitrogens with two attached hydrogens (primary N) is 1. The molecule has 0 heterocycles. The molecule has 0 bridgehead atoms. The van der Waals surface area contributed by atoms with Crippen LogP contribution in [0.2, 0.25) is 0 Å². The van der Waals surface area contributed by atoms with E-state index >= 15 is 0 Å². The van der Waals surface area contributed by atoms with E-state index in [1.807, 2.05) is 0 Å². The van der Waals surface area contributed by atoms with Gasteiger partial charge < -0.3 is 10.6 Å². The zero-order chi connectivity index (χ0) is 12.6. The molecule has 0 saturated heterocycles. The van der Waals surface area contributed by atoms with Gasteiger partial charge in [-0.25, -0.2) is 0 Å². The van der Waals surface area contributed by atoms with E-state index in [0.29, 0.717) is 24.8 Å². The molecule has 0 saturated carbocycles. The molecule has 0 rings (SSSR count). The summed E-state index contributed by atoms with van der Waals surface area (Å²) >= 11 is 0. The van der Waals surface area contributed by atoms with Gasteiger partial charge >= 0.3 is 0 Å². The summed E-state index contributed by atoms with van der Waals surface area (Å²) in [4.78, 5) is 13.2. The van der Waals surface area contributed by atoms with E-state index in [9.17, 15) is 9.00 Å². The van der Waals surface area contributed by atoms with Gasteiger partial charge in [0.15, 0.2) is 0 Å². The zero-order valence-corrected chi connectivity index (χ0v) is 11.4. The molecule has 0 fully saturated rings. The highest BCUT2D eigenvalue weighted by Crippen LogP contribution is 2.01. The number of carbonyl (C=O) groups is 1. The molecule has 1 unspecified atom stereocenters. The van der Waals surface area contributed by atoms with E-state index in [2.05, 4.69) is 13.8 Å². The van der Waals surface area contributed by atoms with Gasteiger partial charge in [-0.2, -0.15) is 0 Å². The maximum Gasteiger partial charge on any atom is 0.234 e. The van der Waals surface area contributed by atoms with Gasteiger partial charge in [0.05, 0.1) is 0 Å². The largest absolute Gasteiger partial charge is 0.345 e. The Hall–Kier alpha value is -0.420. The maximum absolute atomic E-state index is 11.6. The molecular formula is C11H24N2O2S. The molecule has 0 aliphatic heterocycles. The smallest absolute Gasteiger partial charge is 0.234 e. The lowest BCUT2D eigenvalue weighted by atomic mass is 10.2. The van der Waals surface area contributed by atoms with Crippen LogP contribution in [-0.4, -0.2) is 46.7 Å². The van der Waals surface area contributed by atoms with Crippen molar-refractivity contribution in [2.24, 2.45) is 11.7 Å². The zero-order valence-electron chi connectivity index (χ0n) is 10.6. The van der Waals surface area contributed by atoms with E-state index in [4.69, 9.17) is 5.73 Å². The first-order valence-electron chi connectivity index (χ1n) is 5.76. The van der Waals surface area contributed by atoms with Crippen LogP contribution in [0.3, 0.4) is 0 Å². The molecule has 1 amide bonds. The molecule has 2 N–H and O–H groups in total. The molecule has 0 aliphatic rings. The number of amides is 1. The van der Waals surface area contributed by atoms with Crippen molar-refractivity contribution in [2.75, 3.05) is 31.6 Å². The molecule has 4 nitrogen and oxygen atoms in total. The van der Waals surface area contributed by atoms with Crippen LogP contribution in [0, 0.1) is 5.92 Å². The van der Waals surface area contributed by atoms with Crippen molar-refractivity contribution in [1.82, 2.24) is 4.90 Å². The minimum absolute atomic E-state index is 0.0458. The molecular weight excluding hydrogens is 224 g/mol. The highest BCUT2D eigenvalue weighted by atomic mass is 32.2. The van der Waals surface area contributed by atoms with Crippen LogP contribution in [0.25, 0.3) is 0 Å². The fourth-order valence-electron chi connectivity index (χ4n) is 1.14. The first kappa shape index (κ1) is 15.6. The lowest BCUT2D eigenvalue weighted by Crippen LogP contribution is -2.33. The van der Waals surface area contributed by atoms with Crippen LogP contribution in [0.5, 0.6) is 0 Å². The summed E-state index contributed by atoms with van der Waals surface area (Å²) in [6.45, 7) is 5.41. The summed E-state index contributed by atoms with van der Waals surface area (Å²) in [6.07, 6.45) is 1.70. The first-order chi connectivity index (χ1) is 7.47. The average Bonchev–Trinajstić information content (AvgIpc) is 2.22. The Kier molecular flexibility index (Phi) is 8.47. The molecule has 16 heavy (non-hydrogen) atoms. The molecule has 0 aromatic carbocycles. The van der Waals surface area contributed by atoms with Crippen LogP contribution in [0.15, 0.2) is 0 Å². The average molecular weight is 248 g/mol. The van der Waals surface area contributed by atoms with Crippen LogP contribution in [0.4, 0.5) is 0 Å². The number of hydrogen-bond acceptors (Lipinski definition) is 3. The Balaban J connectivity index is 3.80. The van der Waals surface area contributed by atoms with E-state index in [1.165, 1.54) is 0 Å². The topological polar surface area (TPSA) is 63.4 Å². The monoisotopic (exact) mass is 248 g/mol. The van der Waals surface area contributed by atoms with E-state index in [1.54, 1.807) is 11.9 Å². The van der Waals surface area contributed by atoms with Crippen molar-refractivity contribution in [2.45, 2.75) is 26.7 Å². The van der Waals surface area contributed by atoms with Gasteiger partial charge in [0.2, 0.25) is 5.91 Å². The predicted molar refractivity (Wildman–Crippen MR) is 68.6 cm³/mol. The van der Waals surface area contributed by atoms with Crippen LogP contribution >= 0.6 is 0 Å². The Bertz CT molecular complexity index is 232. The molecule has 96 valence electrons. The van der Waals surface area contributed by atoms with Crippen LogP contribution in [0.1, 0.15) is 26.7 Å². The van der Waals surface area contributed by atoms with Crippen LogP contribution in [-0.2, 0) is 15.6 Å². The standard InChI is InChI=1S/C11H24N2O2S/c1-10(2)5-8-16(15)9-11(14)13(3)7-4-6-12/h10H,4-9,12H2,1-3H3. The Labute approximate surface area is 101 Å². The predicted octanol–water partition coefficient (Wildman–Crippen LogP) is 0.588. The molecule has 0 radical (unpaired) electrons. The molecule has 0 aliphatic carbocycles. The van der Waals surface area contributed by atoms with Gasteiger partial charge in [-0.3, -0.25) is 9.00 Å². The van der Waals surface area contributed by atoms with Crippen molar-refractivity contribution in [3.63, 3.8) is 0 Å². The normalized spacial score (nSPS) is 12.8. The molecule has 0 aromatic rings. The fraction of sp³-hybridized carbons (Fsp3) is 0.909. The maximum atomic E-state index is 11.6. The summed E-state index contributed by atoms with van der Waals surface area (Å²) in [5, 5.41) is 0. The van der Waals surface area contributed by atoms with Crippen molar-refractivity contribution in [3.05, 3.63) is 0 Å². The quantitative estimate of drug-likeness (QED) is 0.684. The summed E-state index contributed by atoms with van der Waals surface area (Å²) in [6, 6.07) is 0. The Morgan fingerprint density at radius 2 is 2.06 bits per heavy atom. The molecule has 0 aromatic heterocycles. The lowest BCUT2D eigenvalue weighted by molar-refractivity contribution is -0.127. The summed E-state index contributed by atoms with van der Waals surface area (Å²) in [7, 11) is 0.715. The summed E-state index contributed by atoms with van der Waals surface area (Å²) in [5.41, 5.74) is 5.36. The Morgan fingerprint density at radius 3 is 2.56 bits per heavy atom. The van der Waals surface area contributed by atoms with E-state index in [0.717, 1.165) is 12.8 Å². The van der Waals surface area contributed by atoms with Crippen LogP contribution < -0.4 is 5.73 Å². The van der Waals surface area contributed by atoms with E-state index in [-0.39, 0.29) is 11.7 Å². The number of nitrogens with zero attached hydrogens (tertiary/aromatic N) is 1. The Morgan fingerprint density at radius 1 is 1.44 bits per heavy atom. The van der Waals surface area contributed by atoms with Gasteiger partial charge in [0, 0.05) is 30.1 Å². The van der Waals surface area contributed by atoms with Crippen molar-refractivity contribution in [1.29, 1.82) is 0 Å². The van der Waals surface area contributed by atoms with Crippen molar-refractivity contribution in [3.8, 4) is 0 Å². The number of rotatable bonds is 8. The second kappa shape index (κ2) is 8.70. The van der Waals surface area contributed by atoms with Gasteiger partial charge in [0.25, 0.3) is 0 Å². The third kappa shape index (κ3) is 7.82. The van der Waals surface area contributed by atoms with Gasteiger partial charge in [-0.05, 0) is 25.3 Å². The van der Waals surface area contributed by atoms with Crippen molar-refractivity contribution >= 4 is 16.7 Å². The number of hydrogen-bond donors (Lipinski definition) is 1. The van der Waals surface area contributed by atoms with E-state index < -0.39 is 10.8 Å². The van der Waals surface area contributed by atoms with Gasteiger partial charge in [-0.15, -0.1) is 0 Å². The fourth-order valence-corrected chi connectivity index (χ4v) is 2.51. The van der Waals surface area contributed by atoms with Gasteiger partial charge in [0.1, 0.15) is 5.75 Å². The highest BCUT2D eigenvalue weighted by Gasteiger charge is 2.12. The second-order valence-corrected chi connectivity index (χ2v) is 6.00. The lowest BCUT2D eigenvalue weighted by Gasteiger charge is -2.16. The highest BCUT2D eigenvalue weighted by molar-refractivity contribution is 7.85. The summed E-state index contributed by atoms with van der Waals surface area (Å²) in [5.74, 6) is 1.26. The SMILES string of the molecule is CC(C)CCS(=O)CC(=O)N(C)CCCN. The molecule has 1 atom stereocenters. The molecule has 5 heteroatoms. The summed E-state index contributed by atoms with van der Waals surface area (Å²) < 4.78 is 11.6. The number of carbonyl (C=O) groups excluding carboxylic acids is 1. The molecule has 0 spiro atoms.